The van der Waals surface area contributed by atoms with E-state index in [0.29, 0.717) is 18.1 Å². The molecule has 0 spiro atoms. The number of fused-ring (bicyclic) bond motifs is 3. The maximum atomic E-state index is 13.1. The summed E-state index contributed by atoms with van der Waals surface area (Å²) in [5.41, 5.74) is 3.59. The highest BCUT2D eigenvalue weighted by atomic mass is 32.1. The summed E-state index contributed by atoms with van der Waals surface area (Å²) in [5, 5.41) is 4.40. The van der Waals surface area contributed by atoms with Gasteiger partial charge in [0.25, 0.3) is 5.91 Å². The van der Waals surface area contributed by atoms with E-state index in [1.165, 1.54) is 0 Å². The van der Waals surface area contributed by atoms with Crippen LogP contribution >= 0.6 is 11.3 Å². The van der Waals surface area contributed by atoms with Crippen LogP contribution in [0.2, 0.25) is 0 Å². The van der Waals surface area contributed by atoms with Gasteiger partial charge < -0.3 is 4.90 Å². The van der Waals surface area contributed by atoms with E-state index < -0.39 is 0 Å². The number of carbonyl (C=O) groups is 1. The van der Waals surface area contributed by atoms with Gasteiger partial charge in [-0.3, -0.25) is 9.48 Å². The minimum absolute atomic E-state index is 0.178. The number of nitrogens with zero attached hydrogens (tertiary/aromatic N) is 4. The predicted molar refractivity (Wildman–Crippen MR) is 93.1 cm³/mol. The van der Waals surface area contributed by atoms with E-state index in [1.807, 2.05) is 42.2 Å². The third-order valence-corrected chi connectivity index (χ3v) is 6.21. The van der Waals surface area contributed by atoms with Crippen molar-refractivity contribution in [2.75, 3.05) is 0 Å². The number of carbonyl (C=O) groups excluding carboxylic acids is 1. The van der Waals surface area contributed by atoms with Crippen LogP contribution in [-0.4, -0.2) is 37.7 Å². The Bertz CT molecular complexity index is 873. The number of benzene rings is 1. The summed E-state index contributed by atoms with van der Waals surface area (Å²) in [4.78, 5) is 19.5. The minimum Gasteiger partial charge on any atom is -0.333 e. The summed E-state index contributed by atoms with van der Waals surface area (Å²) in [6.07, 6.45) is 8.11. The average Bonchev–Trinajstić information content (AvgIpc) is 3.33. The van der Waals surface area contributed by atoms with Crippen LogP contribution in [0.25, 0.3) is 10.2 Å². The molecule has 0 aliphatic carbocycles. The fraction of sp³-hybridized carbons (Fsp3) is 0.389. The van der Waals surface area contributed by atoms with Crippen LogP contribution in [0.1, 0.15) is 42.1 Å². The number of aromatic nitrogens is 3. The monoisotopic (exact) mass is 338 g/mol. The second kappa shape index (κ2) is 5.41. The van der Waals surface area contributed by atoms with Gasteiger partial charge >= 0.3 is 0 Å². The first-order chi connectivity index (χ1) is 11.8. The highest BCUT2D eigenvalue weighted by Crippen LogP contribution is 2.41. The van der Waals surface area contributed by atoms with E-state index in [4.69, 9.17) is 0 Å². The van der Waals surface area contributed by atoms with Gasteiger partial charge in [-0.25, -0.2) is 4.98 Å². The summed E-state index contributed by atoms with van der Waals surface area (Å²) >= 11 is 1.59. The van der Waals surface area contributed by atoms with Crippen molar-refractivity contribution in [2.24, 2.45) is 0 Å². The molecular weight excluding hydrogens is 320 g/mol. The zero-order valence-electron chi connectivity index (χ0n) is 13.2. The quantitative estimate of drug-likeness (QED) is 0.718. The van der Waals surface area contributed by atoms with E-state index in [0.717, 1.165) is 41.5 Å². The van der Waals surface area contributed by atoms with Crippen molar-refractivity contribution in [3.63, 3.8) is 0 Å². The molecule has 5 rings (SSSR count). The normalized spacial score (nSPS) is 26.2. The first kappa shape index (κ1) is 14.2. The predicted octanol–water partition coefficient (Wildman–Crippen LogP) is 3.50. The SMILES string of the molecule is O=C(c1ccc2ncsc2c1)N1C2CCC1CC(n1cccn1)C2. The number of thiazole rings is 1. The Hall–Kier alpha value is -2.21. The number of rotatable bonds is 2. The van der Waals surface area contributed by atoms with Gasteiger partial charge in [-0.15, -0.1) is 11.3 Å². The Morgan fingerprint density at radius 3 is 2.75 bits per heavy atom. The molecule has 0 radical (unpaired) electrons. The molecule has 0 saturated carbocycles. The molecule has 4 heterocycles. The third-order valence-electron chi connectivity index (χ3n) is 5.42. The molecule has 1 amide bonds. The highest BCUT2D eigenvalue weighted by molar-refractivity contribution is 7.16. The van der Waals surface area contributed by atoms with E-state index in [1.54, 1.807) is 11.3 Å². The molecule has 2 unspecified atom stereocenters. The van der Waals surface area contributed by atoms with Crippen molar-refractivity contribution >= 4 is 27.5 Å². The van der Waals surface area contributed by atoms with Gasteiger partial charge in [0.2, 0.25) is 0 Å². The molecule has 2 aliphatic heterocycles. The lowest BCUT2D eigenvalue weighted by Gasteiger charge is -2.39. The fourth-order valence-corrected chi connectivity index (χ4v) is 5.05. The van der Waals surface area contributed by atoms with E-state index in [9.17, 15) is 4.79 Å². The molecule has 6 heteroatoms. The Kier molecular flexibility index (Phi) is 3.19. The first-order valence-corrected chi connectivity index (χ1v) is 9.32. The molecule has 2 fully saturated rings. The van der Waals surface area contributed by atoms with Crippen LogP contribution in [0.4, 0.5) is 0 Å². The Labute approximate surface area is 143 Å². The van der Waals surface area contributed by atoms with Crippen LogP contribution in [-0.2, 0) is 0 Å². The van der Waals surface area contributed by atoms with Gasteiger partial charge in [-0.05, 0) is 49.9 Å². The molecule has 3 aromatic rings. The molecule has 1 aromatic carbocycles. The molecule has 2 aliphatic rings. The van der Waals surface area contributed by atoms with Crippen LogP contribution in [0.15, 0.2) is 42.2 Å². The van der Waals surface area contributed by atoms with Crippen LogP contribution in [0, 0.1) is 0 Å². The van der Waals surface area contributed by atoms with Crippen molar-refractivity contribution in [3.05, 3.63) is 47.7 Å². The zero-order valence-corrected chi connectivity index (χ0v) is 14.0. The Morgan fingerprint density at radius 1 is 1.17 bits per heavy atom. The van der Waals surface area contributed by atoms with Gasteiger partial charge in [0.1, 0.15) is 0 Å². The van der Waals surface area contributed by atoms with Gasteiger partial charge in [-0.2, -0.15) is 5.10 Å². The van der Waals surface area contributed by atoms with Gasteiger partial charge in [0.05, 0.1) is 21.8 Å². The van der Waals surface area contributed by atoms with E-state index >= 15 is 0 Å². The van der Waals surface area contributed by atoms with Crippen LogP contribution in [0.5, 0.6) is 0 Å². The standard InChI is InChI=1S/C18H18N4OS/c23-18(12-2-5-16-17(8-12)24-11-19-16)22-13-3-4-14(22)10-15(9-13)21-7-1-6-20-21/h1-2,5-8,11,13-15H,3-4,9-10H2. The van der Waals surface area contributed by atoms with Crippen molar-refractivity contribution < 1.29 is 4.79 Å². The van der Waals surface area contributed by atoms with Crippen molar-refractivity contribution in [2.45, 2.75) is 43.8 Å². The van der Waals surface area contributed by atoms with Crippen LogP contribution in [0.3, 0.4) is 0 Å². The lowest BCUT2D eigenvalue weighted by molar-refractivity contribution is 0.0524. The third kappa shape index (κ3) is 2.17. The number of amides is 1. The molecule has 122 valence electrons. The maximum absolute atomic E-state index is 13.1. The van der Waals surface area contributed by atoms with Gasteiger partial charge in [-0.1, -0.05) is 0 Å². The molecule has 24 heavy (non-hydrogen) atoms. The second-order valence-electron chi connectivity index (χ2n) is 6.74. The maximum Gasteiger partial charge on any atom is 0.254 e. The number of hydrogen-bond donors (Lipinski definition) is 0. The lowest BCUT2D eigenvalue weighted by atomic mass is 9.96. The molecule has 5 nitrogen and oxygen atoms in total. The summed E-state index contributed by atoms with van der Waals surface area (Å²) in [6, 6.07) is 8.94. The van der Waals surface area contributed by atoms with Gasteiger partial charge in [0.15, 0.2) is 0 Å². The van der Waals surface area contributed by atoms with Crippen molar-refractivity contribution in [1.82, 2.24) is 19.7 Å². The zero-order chi connectivity index (χ0) is 16.1. The Balaban J connectivity index is 1.42. The summed E-state index contributed by atoms with van der Waals surface area (Å²) < 4.78 is 3.15. The molecule has 2 aromatic heterocycles. The molecule has 2 atom stereocenters. The van der Waals surface area contributed by atoms with E-state index in [-0.39, 0.29) is 5.91 Å². The molecule has 2 bridgehead atoms. The average molecular weight is 338 g/mol. The van der Waals surface area contributed by atoms with Gasteiger partial charge in [0, 0.05) is 30.0 Å². The molecule has 2 saturated heterocycles. The number of hydrogen-bond acceptors (Lipinski definition) is 4. The summed E-state index contributed by atoms with van der Waals surface area (Å²) in [6.45, 7) is 0. The molecular formula is C18H18N4OS. The lowest BCUT2D eigenvalue weighted by Crippen LogP contribution is -2.47. The minimum atomic E-state index is 0.178. The summed E-state index contributed by atoms with van der Waals surface area (Å²) in [7, 11) is 0. The van der Waals surface area contributed by atoms with Crippen molar-refractivity contribution in [3.8, 4) is 0 Å². The van der Waals surface area contributed by atoms with Crippen molar-refractivity contribution in [1.29, 1.82) is 0 Å². The summed E-state index contributed by atoms with van der Waals surface area (Å²) in [5.74, 6) is 0.178. The largest absolute Gasteiger partial charge is 0.333 e. The smallest absolute Gasteiger partial charge is 0.254 e. The van der Waals surface area contributed by atoms with E-state index in [2.05, 4.69) is 19.7 Å². The number of piperidine rings is 1. The Morgan fingerprint density at radius 2 is 2.00 bits per heavy atom. The first-order valence-electron chi connectivity index (χ1n) is 8.44. The highest BCUT2D eigenvalue weighted by Gasteiger charge is 2.44. The topological polar surface area (TPSA) is 51.0 Å². The fourth-order valence-electron chi connectivity index (χ4n) is 4.33. The second-order valence-corrected chi connectivity index (χ2v) is 7.63. The van der Waals surface area contributed by atoms with Crippen LogP contribution < -0.4 is 0 Å². The molecule has 0 N–H and O–H groups in total.